The van der Waals surface area contributed by atoms with Crippen LogP contribution in [-0.2, 0) is 6.42 Å². The molecule has 0 radical (unpaired) electrons. The van der Waals surface area contributed by atoms with Crippen molar-refractivity contribution in [2.75, 3.05) is 13.1 Å². The van der Waals surface area contributed by atoms with Crippen LogP contribution in [0.15, 0.2) is 24.3 Å². The second kappa shape index (κ2) is 7.64. The zero-order valence-corrected chi connectivity index (χ0v) is 12.8. The minimum atomic E-state index is -0.151. The van der Waals surface area contributed by atoms with E-state index < -0.39 is 0 Å². The molecule has 0 saturated heterocycles. The van der Waals surface area contributed by atoms with E-state index in [1.807, 2.05) is 12.1 Å². The molecule has 1 aromatic carbocycles. The van der Waals surface area contributed by atoms with E-state index >= 15 is 0 Å². The first-order valence-corrected chi connectivity index (χ1v) is 7.36. The van der Waals surface area contributed by atoms with Gasteiger partial charge in [0.2, 0.25) is 0 Å². The topological polar surface area (TPSA) is 12.0 Å². The number of halogens is 1. The summed E-state index contributed by atoms with van der Waals surface area (Å²) in [5.74, 6) is 0.478. The number of nitrogens with one attached hydrogen (secondary N) is 1. The molecule has 0 saturated carbocycles. The summed E-state index contributed by atoms with van der Waals surface area (Å²) in [5, 5.41) is 3.44. The van der Waals surface area contributed by atoms with Gasteiger partial charge in [0.05, 0.1) is 0 Å². The monoisotopic (exact) mass is 265 g/mol. The van der Waals surface area contributed by atoms with E-state index in [0.29, 0.717) is 11.3 Å². The highest BCUT2D eigenvalue weighted by Crippen LogP contribution is 2.25. The van der Waals surface area contributed by atoms with Gasteiger partial charge < -0.3 is 5.32 Å². The van der Waals surface area contributed by atoms with Crippen molar-refractivity contribution >= 4 is 0 Å². The quantitative estimate of drug-likeness (QED) is 0.769. The molecule has 1 nitrogen and oxygen atoms in total. The number of benzene rings is 1. The van der Waals surface area contributed by atoms with Crippen LogP contribution in [-0.4, -0.2) is 13.1 Å². The maximum absolute atomic E-state index is 12.9. The second-order valence-corrected chi connectivity index (χ2v) is 6.60. The van der Waals surface area contributed by atoms with E-state index in [2.05, 4.69) is 33.0 Å². The Morgan fingerprint density at radius 3 is 2.32 bits per heavy atom. The van der Waals surface area contributed by atoms with Crippen LogP contribution in [0.3, 0.4) is 0 Å². The number of hydrogen-bond donors (Lipinski definition) is 1. The molecule has 0 heterocycles. The Morgan fingerprint density at radius 1 is 1.16 bits per heavy atom. The maximum Gasteiger partial charge on any atom is 0.123 e. The van der Waals surface area contributed by atoms with Crippen molar-refractivity contribution < 1.29 is 4.39 Å². The molecule has 1 atom stereocenters. The Kier molecular flexibility index (Phi) is 6.50. The number of hydrogen-bond acceptors (Lipinski definition) is 1. The molecule has 1 rings (SSSR count). The minimum Gasteiger partial charge on any atom is -0.317 e. The summed E-state index contributed by atoms with van der Waals surface area (Å²) in [4.78, 5) is 0. The lowest BCUT2D eigenvalue weighted by Crippen LogP contribution is -2.25. The number of rotatable bonds is 7. The van der Waals surface area contributed by atoms with Crippen LogP contribution in [0.1, 0.15) is 46.1 Å². The molecule has 108 valence electrons. The first-order valence-electron chi connectivity index (χ1n) is 7.36. The van der Waals surface area contributed by atoms with Gasteiger partial charge in [-0.1, -0.05) is 39.8 Å². The van der Waals surface area contributed by atoms with Crippen molar-refractivity contribution in [3.05, 3.63) is 35.6 Å². The van der Waals surface area contributed by atoms with Crippen molar-refractivity contribution in [3.8, 4) is 0 Å². The smallest absolute Gasteiger partial charge is 0.123 e. The Labute approximate surface area is 117 Å². The minimum absolute atomic E-state index is 0.151. The fourth-order valence-corrected chi connectivity index (χ4v) is 2.22. The largest absolute Gasteiger partial charge is 0.317 e. The van der Waals surface area contributed by atoms with Gasteiger partial charge in [0.25, 0.3) is 0 Å². The van der Waals surface area contributed by atoms with Gasteiger partial charge in [0, 0.05) is 0 Å². The molecule has 0 spiro atoms. The Balaban J connectivity index is 2.55. The van der Waals surface area contributed by atoms with Crippen LogP contribution in [0.5, 0.6) is 0 Å². The van der Waals surface area contributed by atoms with Gasteiger partial charge in [-0.15, -0.1) is 0 Å². The van der Waals surface area contributed by atoms with Gasteiger partial charge in [0.1, 0.15) is 5.82 Å². The summed E-state index contributed by atoms with van der Waals surface area (Å²) >= 11 is 0. The summed E-state index contributed by atoms with van der Waals surface area (Å²) in [6.45, 7) is 11.1. The molecule has 1 N–H and O–H groups in total. The molecule has 1 aromatic rings. The molecule has 0 aliphatic heterocycles. The third-order valence-corrected chi connectivity index (χ3v) is 3.42. The van der Waals surface area contributed by atoms with E-state index in [9.17, 15) is 4.39 Å². The highest BCUT2D eigenvalue weighted by Gasteiger charge is 2.15. The molecule has 2 heteroatoms. The van der Waals surface area contributed by atoms with Crippen LogP contribution in [0, 0.1) is 17.2 Å². The van der Waals surface area contributed by atoms with Crippen molar-refractivity contribution in [1.82, 2.24) is 5.32 Å². The zero-order chi connectivity index (χ0) is 14.3. The average Bonchev–Trinajstić information content (AvgIpc) is 2.34. The van der Waals surface area contributed by atoms with Gasteiger partial charge in [-0.25, -0.2) is 4.39 Å². The molecule has 0 amide bonds. The van der Waals surface area contributed by atoms with E-state index in [4.69, 9.17) is 0 Å². The molecule has 0 aliphatic rings. The average molecular weight is 265 g/mol. The summed E-state index contributed by atoms with van der Waals surface area (Å²) in [6.07, 6.45) is 3.47. The first-order chi connectivity index (χ1) is 8.90. The van der Waals surface area contributed by atoms with Crippen molar-refractivity contribution in [2.24, 2.45) is 11.3 Å². The van der Waals surface area contributed by atoms with E-state index in [1.54, 1.807) is 12.1 Å². The van der Waals surface area contributed by atoms with Gasteiger partial charge in [-0.3, -0.25) is 0 Å². The highest BCUT2D eigenvalue weighted by molar-refractivity contribution is 5.16. The lowest BCUT2D eigenvalue weighted by molar-refractivity contribution is 0.314. The fraction of sp³-hybridized carbons (Fsp3) is 0.647. The molecule has 0 aliphatic carbocycles. The molecule has 0 aromatic heterocycles. The van der Waals surface area contributed by atoms with Gasteiger partial charge in [-0.2, -0.15) is 0 Å². The molecule has 1 unspecified atom stereocenters. The Bertz CT molecular complexity index is 351. The molecular formula is C17H28FN. The third-order valence-electron chi connectivity index (χ3n) is 3.42. The van der Waals surface area contributed by atoms with Crippen LogP contribution < -0.4 is 5.32 Å². The lowest BCUT2D eigenvalue weighted by Gasteiger charge is -2.23. The van der Waals surface area contributed by atoms with Gasteiger partial charge >= 0.3 is 0 Å². The fourth-order valence-electron chi connectivity index (χ4n) is 2.22. The molecule has 0 bridgehead atoms. The zero-order valence-electron chi connectivity index (χ0n) is 12.8. The molecule has 0 fully saturated rings. The predicted octanol–water partition coefficient (Wildman–Crippen LogP) is 4.42. The van der Waals surface area contributed by atoms with Crippen molar-refractivity contribution in [3.63, 3.8) is 0 Å². The SMILES string of the molecule is CCNCC(CCC(C)(C)C)Cc1ccc(F)cc1. The van der Waals surface area contributed by atoms with Gasteiger partial charge in [-0.05, 0) is 61.4 Å². The van der Waals surface area contributed by atoms with Crippen LogP contribution >= 0.6 is 0 Å². The molecule has 19 heavy (non-hydrogen) atoms. The molecular weight excluding hydrogens is 237 g/mol. The summed E-state index contributed by atoms with van der Waals surface area (Å²) in [7, 11) is 0. The Hall–Kier alpha value is -0.890. The lowest BCUT2D eigenvalue weighted by atomic mass is 9.84. The Morgan fingerprint density at radius 2 is 1.79 bits per heavy atom. The normalized spacial score (nSPS) is 13.5. The summed E-state index contributed by atoms with van der Waals surface area (Å²) in [5.41, 5.74) is 1.62. The van der Waals surface area contributed by atoms with E-state index in [1.165, 1.54) is 18.4 Å². The summed E-state index contributed by atoms with van der Waals surface area (Å²) < 4.78 is 12.9. The summed E-state index contributed by atoms with van der Waals surface area (Å²) in [6, 6.07) is 6.93. The first kappa shape index (κ1) is 16.2. The second-order valence-electron chi connectivity index (χ2n) is 6.60. The van der Waals surface area contributed by atoms with Crippen molar-refractivity contribution in [2.45, 2.75) is 47.0 Å². The van der Waals surface area contributed by atoms with Crippen LogP contribution in [0.2, 0.25) is 0 Å². The van der Waals surface area contributed by atoms with Gasteiger partial charge in [0.15, 0.2) is 0 Å². The predicted molar refractivity (Wildman–Crippen MR) is 80.8 cm³/mol. The van der Waals surface area contributed by atoms with Crippen LogP contribution in [0.4, 0.5) is 4.39 Å². The van der Waals surface area contributed by atoms with E-state index in [-0.39, 0.29) is 5.82 Å². The third kappa shape index (κ3) is 7.31. The van der Waals surface area contributed by atoms with Crippen LogP contribution in [0.25, 0.3) is 0 Å². The standard InChI is InChI=1S/C17H28FN/c1-5-19-13-15(10-11-17(2,3)4)12-14-6-8-16(18)9-7-14/h6-9,15,19H,5,10-13H2,1-4H3. The van der Waals surface area contributed by atoms with Crippen molar-refractivity contribution in [1.29, 1.82) is 0 Å². The maximum atomic E-state index is 12.9. The van der Waals surface area contributed by atoms with E-state index in [0.717, 1.165) is 19.5 Å². The highest BCUT2D eigenvalue weighted by atomic mass is 19.1.